The molecule has 0 spiro atoms. The standard InChI is InChI=1S/C10H20O2/c1-4-5-6-7-8-9(11)10(2,3)12/h12H,4-8H2,1-3H3. The number of hydrogen-bond acceptors (Lipinski definition) is 2. The molecule has 0 amide bonds. The van der Waals surface area contributed by atoms with Gasteiger partial charge in [-0.25, -0.2) is 0 Å². The fourth-order valence-electron chi connectivity index (χ4n) is 1.02. The fourth-order valence-corrected chi connectivity index (χ4v) is 1.02. The maximum atomic E-state index is 11.2. The predicted octanol–water partition coefficient (Wildman–Crippen LogP) is 2.30. The molecule has 2 heteroatoms. The molecule has 0 atom stereocenters. The molecule has 0 fully saturated rings. The second-order valence-corrected chi connectivity index (χ2v) is 3.79. The summed E-state index contributed by atoms with van der Waals surface area (Å²) in [5.41, 5.74) is -1.13. The molecule has 0 aliphatic heterocycles. The van der Waals surface area contributed by atoms with Crippen LogP contribution in [0.5, 0.6) is 0 Å². The van der Waals surface area contributed by atoms with Gasteiger partial charge in [-0.05, 0) is 20.3 Å². The lowest BCUT2D eigenvalue weighted by molar-refractivity contribution is -0.134. The molecule has 0 aromatic carbocycles. The summed E-state index contributed by atoms with van der Waals surface area (Å²) in [5, 5.41) is 9.29. The molecule has 12 heavy (non-hydrogen) atoms. The van der Waals surface area contributed by atoms with E-state index in [0.29, 0.717) is 6.42 Å². The van der Waals surface area contributed by atoms with Gasteiger partial charge in [0, 0.05) is 6.42 Å². The SMILES string of the molecule is CCCCCCC(=O)C(C)(C)O. The first kappa shape index (κ1) is 11.6. The minimum atomic E-state index is -1.13. The second kappa shape index (κ2) is 5.31. The molecule has 0 heterocycles. The Labute approximate surface area is 75.0 Å². The zero-order chi connectivity index (χ0) is 9.61. The maximum absolute atomic E-state index is 11.2. The van der Waals surface area contributed by atoms with Crippen LogP contribution in [-0.2, 0) is 4.79 Å². The number of Topliss-reactive ketones (excluding diaryl/α,β-unsaturated/α-hetero) is 1. The summed E-state index contributed by atoms with van der Waals surface area (Å²) >= 11 is 0. The van der Waals surface area contributed by atoms with E-state index in [9.17, 15) is 9.90 Å². The third-order valence-electron chi connectivity index (χ3n) is 1.94. The molecule has 0 bridgehead atoms. The summed E-state index contributed by atoms with van der Waals surface area (Å²) in [6.07, 6.45) is 4.88. The Morgan fingerprint density at radius 1 is 1.25 bits per heavy atom. The molecule has 0 saturated heterocycles. The highest BCUT2D eigenvalue weighted by Crippen LogP contribution is 2.10. The Morgan fingerprint density at radius 2 is 1.83 bits per heavy atom. The summed E-state index contributed by atoms with van der Waals surface area (Å²) in [7, 11) is 0. The lowest BCUT2D eigenvalue weighted by Gasteiger charge is -2.14. The van der Waals surface area contributed by atoms with Gasteiger partial charge in [0.25, 0.3) is 0 Å². The highest BCUT2D eigenvalue weighted by atomic mass is 16.3. The number of ketones is 1. The van der Waals surface area contributed by atoms with Crippen molar-refractivity contribution in [3.63, 3.8) is 0 Å². The Bertz CT molecular complexity index is 133. The normalized spacial score (nSPS) is 11.7. The van der Waals surface area contributed by atoms with E-state index in [0.717, 1.165) is 12.8 Å². The van der Waals surface area contributed by atoms with Gasteiger partial charge in [0.05, 0.1) is 0 Å². The van der Waals surface area contributed by atoms with Crippen LogP contribution in [0.25, 0.3) is 0 Å². The first-order chi connectivity index (χ1) is 5.48. The van der Waals surface area contributed by atoms with E-state index in [-0.39, 0.29) is 5.78 Å². The molecule has 72 valence electrons. The van der Waals surface area contributed by atoms with E-state index >= 15 is 0 Å². The van der Waals surface area contributed by atoms with Crippen LogP contribution >= 0.6 is 0 Å². The van der Waals surface area contributed by atoms with Crippen molar-refractivity contribution in [2.45, 2.75) is 58.5 Å². The highest BCUT2D eigenvalue weighted by Gasteiger charge is 2.22. The molecule has 0 rings (SSSR count). The third-order valence-corrected chi connectivity index (χ3v) is 1.94. The van der Waals surface area contributed by atoms with Crippen LogP contribution in [0.1, 0.15) is 52.9 Å². The van der Waals surface area contributed by atoms with Crippen LogP contribution in [0.15, 0.2) is 0 Å². The van der Waals surface area contributed by atoms with E-state index in [1.807, 2.05) is 0 Å². The Balaban J connectivity index is 3.45. The van der Waals surface area contributed by atoms with Crippen molar-refractivity contribution in [1.29, 1.82) is 0 Å². The molecule has 0 saturated carbocycles. The largest absolute Gasteiger partial charge is 0.383 e. The monoisotopic (exact) mass is 172 g/mol. The van der Waals surface area contributed by atoms with Crippen LogP contribution in [0, 0.1) is 0 Å². The molecule has 0 aromatic rings. The fraction of sp³-hybridized carbons (Fsp3) is 0.900. The van der Waals surface area contributed by atoms with Gasteiger partial charge in [-0.2, -0.15) is 0 Å². The zero-order valence-electron chi connectivity index (χ0n) is 8.39. The Kier molecular flexibility index (Phi) is 5.14. The van der Waals surface area contributed by atoms with Crippen LogP contribution in [0.2, 0.25) is 0 Å². The van der Waals surface area contributed by atoms with Crippen LogP contribution in [0.3, 0.4) is 0 Å². The third kappa shape index (κ3) is 5.30. The molecule has 0 radical (unpaired) electrons. The van der Waals surface area contributed by atoms with Gasteiger partial charge in [0.2, 0.25) is 0 Å². The first-order valence-electron chi connectivity index (χ1n) is 4.74. The maximum Gasteiger partial charge on any atom is 0.163 e. The summed E-state index contributed by atoms with van der Waals surface area (Å²) in [4.78, 5) is 11.2. The summed E-state index contributed by atoms with van der Waals surface area (Å²) in [6, 6.07) is 0. The van der Waals surface area contributed by atoms with E-state index in [2.05, 4.69) is 6.92 Å². The molecule has 0 aromatic heterocycles. The minimum absolute atomic E-state index is 0.0430. The predicted molar refractivity (Wildman–Crippen MR) is 50.1 cm³/mol. The number of aliphatic hydroxyl groups is 1. The summed E-state index contributed by atoms with van der Waals surface area (Å²) in [5.74, 6) is -0.0430. The molecule has 2 nitrogen and oxygen atoms in total. The quantitative estimate of drug-likeness (QED) is 0.624. The number of rotatable bonds is 6. The highest BCUT2D eigenvalue weighted by molar-refractivity contribution is 5.86. The van der Waals surface area contributed by atoms with Crippen molar-refractivity contribution in [2.75, 3.05) is 0 Å². The van der Waals surface area contributed by atoms with Crippen molar-refractivity contribution in [3.8, 4) is 0 Å². The molecular weight excluding hydrogens is 152 g/mol. The van der Waals surface area contributed by atoms with Gasteiger partial charge in [-0.15, -0.1) is 0 Å². The lowest BCUT2D eigenvalue weighted by Crippen LogP contribution is -2.30. The van der Waals surface area contributed by atoms with Crippen molar-refractivity contribution in [1.82, 2.24) is 0 Å². The number of unbranched alkanes of at least 4 members (excludes halogenated alkanes) is 3. The van der Waals surface area contributed by atoms with Crippen molar-refractivity contribution in [2.24, 2.45) is 0 Å². The van der Waals surface area contributed by atoms with Gasteiger partial charge >= 0.3 is 0 Å². The summed E-state index contributed by atoms with van der Waals surface area (Å²) < 4.78 is 0. The second-order valence-electron chi connectivity index (χ2n) is 3.79. The number of carbonyl (C=O) groups is 1. The van der Waals surface area contributed by atoms with Crippen LogP contribution < -0.4 is 0 Å². The van der Waals surface area contributed by atoms with E-state index in [1.54, 1.807) is 13.8 Å². The average Bonchev–Trinajstić information content (AvgIpc) is 1.96. The molecule has 0 aliphatic carbocycles. The van der Waals surface area contributed by atoms with Gasteiger partial charge < -0.3 is 5.11 Å². The van der Waals surface area contributed by atoms with Crippen molar-refractivity contribution >= 4 is 5.78 Å². The molecule has 1 N–H and O–H groups in total. The zero-order valence-corrected chi connectivity index (χ0v) is 8.39. The van der Waals surface area contributed by atoms with Crippen LogP contribution in [-0.4, -0.2) is 16.5 Å². The molecular formula is C10H20O2. The Morgan fingerprint density at radius 3 is 2.25 bits per heavy atom. The van der Waals surface area contributed by atoms with Crippen molar-refractivity contribution in [3.05, 3.63) is 0 Å². The molecule has 0 unspecified atom stereocenters. The van der Waals surface area contributed by atoms with E-state index in [1.165, 1.54) is 12.8 Å². The van der Waals surface area contributed by atoms with Crippen LogP contribution in [0.4, 0.5) is 0 Å². The van der Waals surface area contributed by atoms with Gasteiger partial charge in [-0.1, -0.05) is 26.2 Å². The summed E-state index contributed by atoms with van der Waals surface area (Å²) in [6.45, 7) is 5.24. The number of hydrogen-bond donors (Lipinski definition) is 1. The smallest absolute Gasteiger partial charge is 0.163 e. The van der Waals surface area contributed by atoms with Gasteiger partial charge in [0.15, 0.2) is 5.78 Å². The van der Waals surface area contributed by atoms with Crippen molar-refractivity contribution < 1.29 is 9.90 Å². The Hall–Kier alpha value is -0.370. The van der Waals surface area contributed by atoms with Gasteiger partial charge in [0.1, 0.15) is 5.60 Å². The average molecular weight is 172 g/mol. The lowest BCUT2D eigenvalue weighted by atomic mass is 9.98. The van der Waals surface area contributed by atoms with E-state index < -0.39 is 5.60 Å². The van der Waals surface area contributed by atoms with E-state index in [4.69, 9.17) is 0 Å². The topological polar surface area (TPSA) is 37.3 Å². The van der Waals surface area contributed by atoms with Gasteiger partial charge in [-0.3, -0.25) is 4.79 Å². The molecule has 0 aliphatic rings. The first-order valence-corrected chi connectivity index (χ1v) is 4.74. The number of carbonyl (C=O) groups excluding carboxylic acids is 1. The minimum Gasteiger partial charge on any atom is -0.383 e.